The van der Waals surface area contributed by atoms with Crippen molar-refractivity contribution in [2.24, 2.45) is 5.10 Å². The molecule has 0 aliphatic carbocycles. The molecular weight excluding hydrogens is 504 g/mol. The number of rotatable bonds is 10. The maximum atomic E-state index is 12.1. The number of hydrogen-bond acceptors (Lipinski definition) is 4. The van der Waals surface area contributed by atoms with Gasteiger partial charge >= 0.3 is 0 Å². The minimum Gasteiger partial charge on any atom is -0.492 e. The van der Waals surface area contributed by atoms with Gasteiger partial charge in [0, 0.05) is 6.42 Å². The van der Waals surface area contributed by atoms with Crippen LogP contribution in [0.25, 0.3) is 0 Å². The van der Waals surface area contributed by atoms with Crippen molar-refractivity contribution in [3.8, 4) is 11.5 Å². The summed E-state index contributed by atoms with van der Waals surface area (Å²) in [5.41, 5.74) is 7.11. The molecule has 0 saturated carbocycles. The summed E-state index contributed by atoms with van der Waals surface area (Å²) in [4.78, 5) is 12.1. The van der Waals surface area contributed by atoms with Gasteiger partial charge in [-0.15, -0.1) is 0 Å². The van der Waals surface area contributed by atoms with Crippen LogP contribution in [0.4, 0.5) is 0 Å². The molecule has 0 spiro atoms. The number of hydrazone groups is 1. The first-order valence-electron chi connectivity index (χ1n) is 11.7. The molecule has 0 fully saturated rings. The summed E-state index contributed by atoms with van der Waals surface area (Å²) in [5, 5.41) is 4.04. The van der Waals surface area contributed by atoms with Crippen molar-refractivity contribution in [2.45, 2.75) is 52.6 Å². The molecule has 0 bridgehead atoms. The molecule has 0 saturated heterocycles. The lowest BCUT2D eigenvalue weighted by Crippen LogP contribution is -2.18. The average Bonchev–Trinajstić information content (AvgIpc) is 2.82. The van der Waals surface area contributed by atoms with Crippen molar-refractivity contribution < 1.29 is 14.3 Å². The van der Waals surface area contributed by atoms with Gasteiger partial charge in [-0.25, -0.2) is 5.43 Å². The molecular formula is C29H33BrN2O3. The monoisotopic (exact) mass is 536 g/mol. The Bertz CT molecular complexity index is 1130. The number of nitrogens with zero attached hydrogens (tertiary/aromatic N) is 1. The van der Waals surface area contributed by atoms with Crippen LogP contribution in [0, 0.1) is 6.92 Å². The lowest BCUT2D eigenvalue weighted by molar-refractivity contribution is -0.121. The number of amides is 1. The van der Waals surface area contributed by atoms with Crippen LogP contribution < -0.4 is 14.9 Å². The Morgan fingerprint density at radius 1 is 1.00 bits per heavy atom. The van der Waals surface area contributed by atoms with Gasteiger partial charge in [-0.2, -0.15) is 5.10 Å². The molecule has 0 aliphatic rings. The van der Waals surface area contributed by atoms with Gasteiger partial charge in [0.1, 0.15) is 18.1 Å². The predicted octanol–water partition coefficient (Wildman–Crippen LogP) is 6.94. The first kappa shape index (κ1) is 26.5. The number of carbonyl (C=O) groups excluding carboxylic acids is 1. The normalized spacial score (nSPS) is 11.5. The Labute approximate surface area is 216 Å². The van der Waals surface area contributed by atoms with Gasteiger partial charge in [0.15, 0.2) is 0 Å². The quantitative estimate of drug-likeness (QED) is 0.173. The number of hydrogen-bond donors (Lipinski definition) is 1. The smallest absolute Gasteiger partial charge is 0.240 e. The molecule has 0 aromatic heterocycles. The Hall–Kier alpha value is -3.12. The summed E-state index contributed by atoms with van der Waals surface area (Å²) in [5.74, 6) is 1.42. The molecule has 3 rings (SSSR count). The summed E-state index contributed by atoms with van der Waals surface area (Å²) in [7, 11) is 0. The van der Waals surface area contributed by atoms with Crippen LogP contribution in [0.5, 0.6) is 11.5 Å². The standard InChI is InChI=1S/C29H33BrN2O3/c1-21-7-9-23(10-8-21)20-35-25-14-11-22(12-15-25)19-31-32-28(33)6-5-17-34-27-16-13-24(18-26(27)30)29(2,3)4/h7-16,18-19H,5-6,17,20H2,1-4H3,(H,32,33)/b31-19+. The van der Waals surface area contributed by atoms with Crippen molar-refractivity contribution in [1.29, 1.82) is 0 Å². The zero-order chi connectivity index (χ0) is 25.3. The van der Waals surface area contributed by atoms with Crippen LogP contribution in [0.2, 0.25) is 0 Å². The second-order valence-corrected chi connectivity index (χ2v) is 10.3. The molecule has 0 unspecified atom stereocenters. The topological polar surface area (TPSA) is 59.9 Å². The SMILES string of the molecule is Cc1ccc(COc2ccc(/C=N/NC(=O)CCCOc3ccc(C(C)(C)C)cc3Br)cc2)cc1. The molecule has 3 aromatic carbocycles. The van der Waals surface area contributed by atoms with Crippen LogP contribution in [0.3, 0.4) is 0 Å². The van der Waals surface area contributed by atoms with Crippen molar-refractivity contribution >= 4 is 28.1 Å². The molecule has 3 aromatic rings. The molecule has 1 amide bonds. The van der Waals surface area contributed by atoms with E-state index in [9.17, 15) is 4.79 Å². The van der Waals surface area contributed by atoms with E-state index in [-0.39, 0.29) is 11.3 Å². The molecule has 0 aliphatic heterocycles. The Morgan fingerprint density at radius 3 is 2.37 bits per heavy atom. The third kappa shape index (κ3) is 8.87. The molecule has 6 heteroatoms. The number of ether oxygens (including phenoxy) is 2. The zero-order valence-corrected chi connectivity index (χ0v) is 22.4. The van der Waals surface area contributed by atoms with Gasteiger partial charge in [-0.05, 0) is 87.8 Å². The summed E-state index contributed by atoms with van der Waals surface area (Å²) in [6.07, 6.45) is 2.55. The van der Waals surface area contributed by atoms with Gasteiger partial charge in [0.2, 0.25) is 5.91 Å². The fraction of sp³-hybridized carbons (Fsp3) is 0.310. The van der Waals surface area contributed by atoms with Crippen LogP contribution in [-0.2, 0) is 16.8 Å². The third-order valence-corrected chi connectivity index (χ3v) is 6.03. The maximum Gasteiger partial charge on any atom is 0.240 e. The summed E-state index contributed by atoms with van der Waals surface area (Å²) in [6.45, 7) is 9.56. The summed E-state index contributed by atoms with van der Waals surface area (Å²) in [6, 6.07) is 22.0. The number of carbonyl (C=O) groups is 1. The molecule has 184 valence electrons. The van der Waals surface area contributed by atoms with Crippen LogP contribution in [0.1, 0.15) is 55.9 Å². The average molecular weight is 537 g/mol. The number of aryl methyl sites for hydroxylation is 1. The summed E-state index contributed by atoms with van der Waals surface area (Å²) < 4.78 is 12.6. The van der Waals surface area contributed by atoms with E-state index in [4.69, 9.17) is 9.47 Å². The van der Waals surface area contributed by atoms with Gasteiger partial charge < -0.3 is 9.47 Å². The van der Waals surface area contributed by atoms with E-state index in [1.54, 1.807) is 6.21 Å². The predicted molar refractivity (Wildman–Crippen MR) is 145 cm³/mol. The van der Waals surface area contributed by atoms with Crippen molar-refractivity contribution in [3.05, 3.63) is 93.5 Å². The minimum atomic E-state index is -0.148. The van der Waals surface area contributed by atoms with Crippen LogP contribution >= 0.6 is 15.9 Å². The highest BCUT2D eigenvalue weighted by Crippen LogP contribution is 2.31. The molecule has 0 heterocycles. The van der Waals surface area contributed by atoms with Gasteiger partial charge in [0.25, 0.3) is 0 Å². The van der Waals surface area contributed by atoms with Crippen molar-refractivity contribution in [2.75, 3.05) is 6.61 Å². The highest BCUT2D eigenvalue weighted by atomic mass is 79.9. The van der Waals surface area contributed by atoms with Gasteiger partial charge in [0.05, 0.1) is 17.3 Å². The van der Waals surface area contributed by atoms with E-state index in [1.807, 2.05) is 30.3 Å². The van der Waals surface area contributed by atoms with Crippen LogP contribution in [0.15, 0.2) is 76.3 Å². The molecule has 5 nitrogen and oxygen atoms in total. The van der Waals surface area contributed by atoms with Gasteiger partial charge in [-0.3, -0.25) is 4.79 Å². The number of nitrogens with one attached hydrogen (secondary N) is 1. The lowest BCUT2D eigenvalue weighted by atomic mass is 9.87. The van der Waals surface area contributed by atoms with E-state index >= 15 is 0 Å². The highest BCUT2D eigenvalue weighted by molar-refractivity contribution is 9.10. The largest absolute Gasteiger partial charge is 0.492 e. The fourth-order valence-electron chi connectivity index (χ4n) is 3.24. The molecule has 35 heavy (non-hydrogen) atoms. The molecule has 0 atom stereocenters. The number of benzene rings is 3. The molecule has 0 radical (unpaired) electrons. The van der Waals surface area contributed by atoms with E-state index in [0.717, 1.165) is 27.1 Å². The van der Waals surface area contributed by atoms with E-state index in [2.05, 4.69) is 90.6 Å². The van der Waals surface area contributed by atoms with E-state index < -0.39 is 0 Å². The second kappa shape index (κ2) is 12.5. The lowest BCUT2D eigenvalue weighted by Gasteiger charge is -2.20. The maximum absolute atomic E-state index is 12.1. The summed E-state index contributed by atoms with van der Waals surface area (Å²) >= 11 is 3.57. The highest BCUT2D eigenvalue weighted by Gasteiger charge is 2.15. The minimum absolute atomic E-state index is 0.0805. The Morgan fingerprint density at radius 2 is 1.71 bits per heavy atom. The first-order valence-corrected chi connectivity index (χ1v) is 12.5. The second-order valence-electron chi connectivity index (χ2n) is 9.48. The number of halogens is 1. The van der Waals surface area contributed by atoms with Crippen molar-refractivity contribution in [3.63, 3.8) is 0 Å². The van der Waals surface area contributed by atoms with Crippen molar-refractivity contribution in [1.82, 2.24) is 5.43 Å². The fourth-order valence-corrected chi connectivity index (χ4v) is 3.73. The van der Waals surface area contributed by atoms with Gasteiger partial charge in [-0.1, -0.05) is 56.7 Å². The first-order chi connectivity index (χ1) is 16.7. The van der Waals surface area contributed by atoms with E-state index in [1.165, 1.54) is 11.1 Å². The molecule has 1 N–H and O–H groups in total. The van der Waals surface area contributed by atoms with E-state index in [0.29, 0.717) is 26.1 Å². The Kier molecular flexibility index (Phi) is 9.49. The third-order valence-electron chi connectivity index (χ3n) is 5.41. The zero-order valence-electron chi connectivity index (χ0n) is 20.8. The Balaban J connectivity index is 1.35. The van der Waals surface area contributed by atoms with Crippen LogP contribution in [-0.4, -0.2) is 18.7 Å².